The molecule has 0 spiro atoms. The van der Waals surface area contributed by atoms with Crippen LogP contribution in [-0.4, -0.2) is 40.1 Å². The smallest absolute Gasteiger partial charge is 0.324 e. The van der Waals surface area contributed by atoms with Crippen LogP contribution in [0.15, 0.2) is 47.8 Å². The zero-order valence-electron chi connectivity index (χ0n) is 15.0. The van der Waals surface area contributed by atoms with Crippen LogP contribution in [0.1, 0.15) is 5.56 Å². The molecule has 0 aliphatic heterocycles. The molecule has 0 saturated heterocycles. The van der Waals surface area contributed by atoms with Crippen LogP contribution in [-0.2, 0) is 16.2 Å². The zero-order chi connectivity index (χ0) is 22.1. The third-order valence-electron chi connectivity index (χ3n) is 3.76. The van der Waals surface area contributed by atoms with Gasteiger partial charge in [0.1, 0.15) is 18.0 Å². The van der Waals surface area contributed by atoms with Gasteiger partial charge in [0, 0.05) is 11.9 Å². The second kappa shape index (κ2) is 7.68. The minimum absolute atomic E-state index is 0.0200. The van der Waals surface area contributed by atoms with Crippen LogP contribution in [0.3, 0.4) is 0 Å². The molecule has 11 nitrogen and oxygen atoms in total. The third kappa shape index (κ3) is 4.36. The van der Waals surface area contributed by atoms with E-state index < -0.39 is 38.2 Å². The van der Waals surface area contributed by atoms with Gasteiger partial charge in [-0.3, -0.25) is 10.1 Å². The largest absolute Gasteiger partial charge is 0.421 e. The maximum atomic E-state index is 13.3. The Morgan fingerprint density at radius 3 is 2.37 bits per heavy atom. The molecule has 0 aliphatic carbocycles. The summed E-state index contributed by atoms with van der Waals surface area (Å²) in [7, 11) is -2.41. The highest BCUT2D eigenvalue weighted by atomic mass is 32.2. The number of rotatable bonds is 6. The summed E-state index contributed by atoms with van der Waals surface area (Å²) in [5, 5.41) is 17.0. The molecule has 2 aromatic heterocycles. The van der Waals surface area contributed by atoms with Crippen molar-refractivity contribution in [3.8, 4) is 5.82 Å². The van der Waals surface area contributed by atoms with E-state index in [4.69, 9.17) is 0 Å². The average Bonchev–Trinajstić information content (AvgIpc) is 3.18. The van der Waals surface area contributed by atoms with Gasteiger partial charge in [-0.25, -0.2) is 22.8 Å². The normalized spacial score (nSPS) is 12.0. The summed E-state index contributed by atoms with van der Waals surface area (Å²) >= 11 is 0. The van der Waals surface area contributed by atoms with Crippen molar-refractivity contribution in [3.05, 3.63) is 58.5 Å². The number of anilines is 2. The summed E-state index contributed by atoms with van der Waals surface area (Å²) in [6, 6.07) is 5.28. The Morgan fingerprint density at radius 1 is 1.17 bits per heavy atom. The van der Waals surface area contributed by atoms with Gasteiger partial charge < -0.3 is 5.32 Å². The number of nitrogens with zero attached hydrogens (tertiary/aromatic N) is 5. The fraction of sp³-hybridized carbons (Fsp3) is 0.133. The predicted octanol–water partition coefficient (Wildman–Crippen LogP) is 2.24. The number of nitrogens with one attached hydrogen (secondary N) is 2. The summed E-state index contributed by atoms with van der Waals surface area (Å²) in [5.41, 5.74) is -1.47. The summed E-state index contributed by atoms with van der Waals surface area (Å²) in [6.45, 7) is 0. The number of aromatic nitrogens is 4. The summed E-state index contributed by atoms with van der Waals surface area (Å²) < 4.78 is 66.2. The number of alkyl halides is 3. The minimum Gasteiger partial charge on any atom is -0.324 e. The molecule has 3 rings (SSSR count). The lowest BCUT2D eigenvalue weighted by atomic mass is 10.3. The number of halogens is 3. The highest BCUT2D eigenvalue weighted by molar-refractivity contribution is 7.89. The average molecular weight is 443 g/mol. The van der Waals surface area contributed by atoms with Crippen LogP contribution < -0.4 is 10.0 Å². The van der Waals surface area contributed by atoms with Crippen molar-refractivity contribution in [3.63, 3.8) is 0 Å². The van der Waals surface area contributed by atoms with Gasteiger partial charge in [-0.1, -0.05) is 0 Å². The molecule has 15 heteroatoms. The minimum atomic E-state index is -4.84. The molecule has 1 aromatic carbocycles. The first-order valence-corrected chi connectivity index (χ1v) is 9.44. The lowest BCUT2D eigenvalue weighted by Gasteiger charge is -2.13. The van der Waals surface area contributed by atoms with E-state index in [0.717, 1.165) is 12.4 Å². The highest BCUT2D eigenvalue weighted by Gasteiger charge is 2.36. The molecule has 2 heterocycles. The van der Waals surface area contributed by atoms with Crippen LogP contribution in [0.2, 0.25) is 0 Å². The first-order valence-electron chi connectivity index (χ1n) is 7.95. The molecule has 0 saturated carbocycles. The molecular weight excluding hydrogens is 431 g/mol. The van der Waals surface area contributed by atoms with E-state index in [9.17, 15) is 31.7 Å². The van der Waals surface area contributed by atoms with Crippen molar-refractivity contribution in [1.82, 2.24) is 24.5 Å². The van der Waals surface area contributed by atoms with Gasteiger partial charge in [0.05, 0.1) is 9.82 Å². The van der Waals surface area contributed by atoms with Gasteiger partial charge in [0.2, 0.25) is 16.0 Å². The Morgan fingerprint density at radius 2 is 1.83 bits per heavy atom. The van der Waals surface area contributed by atoms with Crippen LogP contribution in [0.5, 0.6) is 0 Å². The fourth-order valence-electron chi connectivity index (χ4n) is 2.30. The Balaban J connectivity index is 1.97. The van der Waals surface area contributed by atoms with Crippen LogP contribution in [0.25, 0.3) is 5.82 Å². The van der Waals surface area contributed by atoms with Crippen molar-refractivity contribution in [2.75, 3.05) is 12.4 Å². The molecule has 0 bridgehead atoms. The van der Waals surface area contributed by atoms with E-state index in [1.807, 2.05) is 0 Å². The molecule has 0 fully saturated rings. The zero-order valence-corrected chi connectivity index (χ0v) is 15.8. The quantitative estimate of drug-likeness (QED) is 0.436. The summed E-state index contributed by atoms with van der Waals surface area (Å²) in [6.07, 6.45) is -2.75. The molecule has 30 heavy (non-hydrogen) atoms. The van der Waals surface area contributed by atoms with E-state index in [1.165, 1.54) is 31.3 Å². The van der Waals surface area contributed by atoms with E-state index in [1.54, 1.807) is 0 Å². The standard InChI is InChI=1S/C15H12F3N7O4S/c1-19-30(28,29)11-4-2-9(3-5-11)22-14-20-7-12(15(16,17)18)13(23-14)24-8-10(6-21-24)25(26)27/h2-8,19H,1H3,(H,20,22,23). The van der Waals surface area contributed by atoms with Crippen molar-refractivity contribution in [1.29, 1.82) is 0 Å². The molecule has 3 aromatic rings. The first kappa shape index (κ1) is 21.1. The predicted molar refractivity (Wildman–Crippen MR) is 96.8 cm³/mol. The van der Waals surface area contributed by atoms with Crippen molar-refractivity contribution >= 4 is 27.3 Å². The summed E-state index contributed by atoms with van der Waals surface area (Å²) in [5.74, 6) is -0.983. The molecule has 0 unspecified atom stereocenters. The highest BCUT2D eigenvalue weighted by Crippen LogP contribution is 2.33. The Labute approximate surface area is 166 Å². The monoisotopic (exact) mass is 443 g/mol. The number of hydrogen-bond acceptors (Lipinski definition) is 8. The van der Waals surface area contributed by atoms with Crippen LogP contribution >= 0.6 is 0 Å². The Kier molecular flexibility index (Phi) is 5.41. The van der Waals surface area contributed by atoms with Gasteiger partial charge in [0.25, 0.3) is 0 Å². The maximum absolute atomic E-state index is 13.3. The number of nitro groups is 1. The fourth-order valence-corrected chi connectivity index (χ4v) is 3.03. The van der Waals surface area contributed by atoms with Gasteiger partial charge in [-0.2, -0.15) is 23.3 Å². The topological polar surface area (TPSA) is 145 Å². The van der Waals surface area contributed by atoms with Crippen molar-refractivity contribution < 1.29 is 26.5 Å². The summed E-state index contributed by atoms with van der Waals surface area (Å²) in [4.78, 5) is 17.3. The Hall–Kier alpha value is -3.59. The molecule has 0 aliphatic rings. The van der Waals surface area contributed by atoms with Gasteiger partial charge in [-0.15, -0.1) is 0 Å². The van der Waals surface area contributed by atoms with Crippen LogP contribution in [0.4, 0.5) is 30.5 Å². The number of benzene rings is 1. The number of sulfonamides is 1. The number of hydrogen-bond donors (Lipinski definition) is 2. The van der Waals surface area contributed by atoms with Gasteiger partial charge >= 0.3 is 11.9 Å². The second-order valence-electron chi connectivity index (χ2n) is 5.69. The maximum Gasteiger partial charge on any atom is 0.421 e. The molecule has 158 valence electrons. The molecule has 2 N–H and O–H groups in total. The lowest BCUT2D eigenvalue weighted by molar-refractivity contribution is -0.384. The first-order chi connectivity index (χ1) is 14.0. The SMILES string of the molecule is CNS(=O)(=O)c1ccc(Nc2ncc(C(F)(F)F)c(-n3cc([N+](=O)[O-])cn3)n2)cc1. The molecule has 0 radical (unpaired) electrons. The second-order valence-corrected chi connectivity index (χ2v) is 7.57. The van der Waals surface area contributed by atoms with Crippen molar-refractivity contribution in [2.24, 2.45) is 0 Å². The van der Waals surface area contributed by atoms with E-state index in [2.05, 4.69) is 25.1 Å². The van der Waals surface area contributed by atoms with Gasteiger partial charge in [0.15, 0.2) is 5.82 Å². The Bertz CT molecular complexity index is 1190. The lowest BCUT2D eigenvalue weighted by Crippen LogP contribution is -2.18. The van der Waals surface area contributed by atoms with E-state index in [-0.39, 0.29) is 10.8 Å². The van der Waals surface area contributed by atoms with Crippen molar-refractivity contribution in [2.45, 2.75) is 11.1 Å². The van der Waals surface area contributed by atoms with Crippen LogP contribution in [0, 0.1) is 10.1 Å². The molecular formula is C15H12F3N7O4S. The van der Waals surface area contributed by atoms with E-state index >= 15 is 0 Å². The van der Waals surface area contributed by atoms with Gasteiger partial charge in [-0.05, 0) is 31.3 Å². The van der Waals surface area contributed by atoms with E-state index in [0.29, 0.717) is 16.6 Å². The molecule has 0 atom stereocenters. The third-order valence-corrected chi connectivity index (χ3v) is 5.19. The molecule has 0 amide bonds.